The predicted molar refractivity (Wildman–Crippen MR) is 122 cm³/mol. The van der Waals surface area contributed by atoms with Gasteiger partial charge in [0.2, 0.25) is 11.8 Å². The molecule has 1 heterocycles. The van der Waals surface area contributed by atoms with Crippen molar-refractivity contribution in [2.45, 2.75) is 70.6 Å². The Bertz CT molecular complexity index is 925. The molecule has 1 aromatic rings. The summed E-state index contributed by atoms with van der Waals surface area (Å²) in [5, 5.41) is 14.3. The normalized spacial score (nSPS) is 20.7. The number of carbonyl (C=O) groups is 5. The van der Waals surface area contributed by atoms with Gasteiger partial charge in [0, 0.05) is 48.9 Å². The number of piperidine rings is 1. The second-order valence-electron chi connectivity index (χ2n) is 8.91. The smallest absolute Gasteiger partial charge is 0.303 e. The zero-order valence-electron chi connectivity index (χ0n) is 18.9. The molecule has 2 amide bonds. The van der Waals surface area contributed by atoms with Crippen LogP contribution in [0.25, 0.3) is 0 Å². The molecular weight excluding hydrogens is 424 g/mol. The Morgan fingerprint density at radius 3 is 2.36 bits per heavy atom. The number of rotatable bonds is 11. The summed E-state index contributed by atoms with van der Waals surface area (Å²) in [6.45, 7) is 0.649. The molecule has 0 bridgehead atoms. The first kappa shape index (κ1) is 24.6. The zero-order valence-corrected chi connectivity index (χ0v) is 18.9. The number of hydrogen-bond donors (Lipinski definition) is 3. The molecule has 1 fully saturated rings. The Labute approximate surface area is 193 Å². The number of amides is 2. The Kier molecular flexibility index (Phi) is 8.74. The highest BCUT2D eigenvalue weighted by atomic mass is 16.4. The third kappa shape index (κ3) is 6.49. The van der Waals surface area contributed by atoms with E-state index in [0.717, 1.165) is 32.1 Å². The number of benzene rings is 1. The average molecular weight is 457 g/mol. The van der Waals surface area contributed by atoms with E-state index in [1.165, 1.54) is 0 Å². The van der Waals surface area contributed by atoms with Gasteiger partial charge in [-0.3, -0.25) is 29.3 Å². The standard InChI is InChI=1S/C25H32N2O6/c28-20-13-11-16(17-12-14-21(29)27-25(17)33)24(32)23-18(20)8-7-9-19(23)26-15-6-4-2-1-3-5-10-22(30)31/h7-9,16-17,26H,1-6,10-15H2,(H,30,31)(H,27,29,33). The van der Waals surface area contributed by atoms with E-state index in [0.29, 0.717) is 42.6 Å². The number of fused-ring (bicyclic) bond motifs is 1. The van der Waals surface area contributed by atoms with E-state index in [4.69, 9.17) is 5.11 Å². The SMILES string of the molecule is O=C(O)CCCCCCCCNc1cccc2c1C(=O)C(C1CCC(=O)NC1=O)CCC2=O. The monoisotopic (exact) mass is 456 g/mol. The maximum Gasteiger partial charge on any atom is 0.303 e. The van der Waals surface area contributed by atoms with Gasteiger partial charge in [0.15, 0.2) is 11.6 Å². The number of carbonyl (C=O) groups excluding carboxylic acids is 4. The minimum absolute atomic E-state index is 0.0989. The van der Waals surface area contributed by atoms with Crippen LogP contribution >= 0.6 is 0 Å². The fourth-order valence-electron chi connectivity index (χ4n) is 4.74. The maximum absolute atomic E-state index is 13.5. The first-order chi connectivity index (χ1) is 15.9. The van der Waals surface area contributed by atoms with Crippen molar-refractivity contribution in [2.24, 2.45) is 11.8 Å². The van der Waals surface area contributed by atoms with Crippen molar-refractivity contribution >= 4 is 35.0 Å². The number of ketones is 2. The first-order valence-corrected chi connectivity index (χ1v) is 11.9. The van der Waals surface area contributed by atoms with Gasteiger partial charge in [0.1, 0.15) is 0 Å². The predicted octanol–water partition coefficient (Wildman–Crippen LogP) is 3.74. The lowest BCUT2D eigenvalue weighted by Crippen LogP contribution is -2.45. The van der Waals surface area contributed by atoms with Crippen molar-refractivity contribution < 1.29 is 29.1 Å². The molecule has 2 unspecified atom stereocenters. The summed E-state index contributed by atoms with van der Waals surface area (Å²) in [5.74, 6) is -3.01. The Morgan fingerprint density at radius 2 is 1.64 bits per heavy atom. The second-order valence-corrected chi connectivity index (χ2v) is 8.91. The maximum atomic E-state index is 13.5. The van der Waals surface area contributed by atoms with Crippen molar-refractivity contribution in [3.8, 4) is 0 Å². The number of carboxylic acids is 1. The minimum atomic E-state index is -0.755. The lowest BCUT2D eigenvalue weighted by Gasteiger charge is -2.27. The van der Waals surface area contributed by atoms with E-state index >= 15 is 0 Å². The first-order valence-electron chi connectivity index (χ1n) is 11.9. The molecule has 1 aliphatic heterocycles. The quantitative estimate of drug-likeness (QED) is 0.263. The number of imide groups is 1. The Morgan fingerprint density at radius 1 is 0.939 bits per heavy atom. The van der Waals surface area contributed by atoms with Gasteiger partial charge in [-0.1, -0.05) is 37.8 Å². The second kappa shape index (κ2) is 11.7. The Balaban J connectivity index is 1.60. The molecule has 8 nitrogen and oxygen atoms in total. The number of carboxylic acid groups (broad SMARTS) is 1. The molecule has 1 aliphatic carbocycles. The van der Waals surface area contributed by atoms with Crippen LogP contribution in [0.1, 0.15) is 91.3 Å². The summed E-state index contributed by atoms with van der Waals surface area (Å²) in [5.41, 5.74) is 1.38. The van der Waals surface area contributed by atoms with E-state index in [2.05, 4.69) is 10.6 Å². The number of aliphatic carboxylic acids is 1. The minimum Gasteiger partial charge on any atom is -0.481 e. The van der Waals surface area contributed by atoms with E-state index in [9.17, 15) is 24.0 Å². The summed E-state index contributed by atoms with van der Waals surface area (Å²) in [7, 11) is 0. The van der Waals surface area contributed by atoms with Gasteiger partial charge < -0.3 is 10.4 Å². The van der Waals surface area contributed by atoms with Gasteiger partial charge in [0.25, 0.3) is 0 Å². The van der Waals surface area contributed by atoms with E-state index in [-0.39, 0.29) is 36.7 Å². The molecular formula is C25H32N2O6. The lowest BCUT2D eigenvalue weighted by molar-refractivity contribution is -0.138. The number of hydrogen-bond acceptors (Lipinski definition) is 6. The number of nitrogens with one attached hydrogen (secondary N) is 2. The number of unbranched alkanes of at least 4 members (excludes halogenated alkanes) is 5. The third-order valence-electron chi connectivity index (χ3n) is 6.53. The fraction of sp³-hybridized carbons (Fsp3) is 0.560. The van der Waals surface area contributed by atoms with Crippen molar-refractivity contribution in [3.05, 3.63) is 29.3 Å². The summed E-state index contributed by atoms with van der Waals surface area (Å²) >= 11 is 0. The largest absolute Gasteiger partial charge is 0.481 e. The average Bonchev–Trinajstić information content (AvgIpc) is 2.90. The third-order valence-corrected chi connectivity index (χ3v) is 6.53. The van der Waals surface area contributed by atoms with E-state index in [1.807, 2.05) is 0 Å². The van der Waals surface area contributed by atoms with Crippen LogP contribution in [0.2, 0.25) is 0 Å². The van der Waals surface area contributed by atoms with Crippen LogP contribution in [0.5, 0.6) is 0 Å². The van der Waals surface area contributed by atoms with Gasteiger partial charge in [-0.15, -0.1) is 0 Å². The molecule has 0 radical (unpaired) electrons. The van der Waals surface area contributed by atoms with Crippen LogP contribution in [-0.4, -0.2) is 41.0 Å². The molecule has 33 heavy (non-hydrogen) atoms. The highest BCUT2D eigenvalue weighted by Crippen LogP contribution is 2.36. The fourth-order valence-corrected chi connectivity index (χ4v) is 4.74. The van der Waals surface area contributed by atoms with Gasteiger partial charge >= 0.3 is 5.97 Å². The van der Waals surface area contributed by atoms with Crippen molar-refractivity contribution in [3.63, 3.8) is 0 Å². The molecule has 178 valence electrons. The van der Waals surface area contributed by atoms with Crippen LogP contribution in [0.4, 0.5) is 5.69 Å². The Hall–Kier alpha value is -3.03. The van der Waals surface area contributed by atoms with Crippen LogP contribution in [0, 0.1) is 11.8 Å². The topological polar surface area (TPSA) is 130 Å². The molecule has 0 aromatic heterocycles. The van der Waals surface area contributed by atoms with Crippen LogP contribution in [0.3, 0.4) is 0 Å². The van der Waals surface area contributed by atoms with Crippen molar-refractivity contribution in [2.75, 3.05) is 11.9 Å². The van der Waals surface area contributed by atoms with Gasteiger partial charge in [-0.05, 0) is 31.7 Å². The lowest BCUT2D eigenvalue weighted by atomic mass is 9.79. The summed E-state index contributed by atoms with van der Waals surface area (Å²) in [4.78, 5) is 60.7. The van der Waals surface area contributed by atoms with E-state index in [1.54, 1.807) is 18.2 Å². The van der Waals surface area contributed by atoms with Crippen molar-refractivity contribution in [1.29, 1.82) is 0 Å². The van der Waals surface area contributed by atoms with Gasteiger partial charge in [-0.25, -0.2) is 0 Å². The molecule has 3 N–H and O–H groups in total. The zero-order chi connectivity index (χ0) is 23.8. The molecule has 2 atom stereocenters. The molecule has 3 rings (SSSR count). The molecule has 2 aliphatic rings. The molecule has 8 heteroatoms. The summed E-state index contributed by atoms with van der Waals surface area (Å²) in [6.07, 6.45) is 6.75. The molecule has 1 saturated heterocycles. The highest BCUT2D eigenvalue weighted by Gasteiger charge is 2.41. The number of Topliss-reactive ketones (excluding diaryl/α,β-unsaturated/α-hetero) is 2. The number of anilines is 1. The summed E-state index contributed by atoms with van der Waals surface area (Å²) in [6, 6.07) is 5.23. The van der Waals surface area contributed by atoms with Crippen molar-refractivity contribution in [1.82, 2.24) is 5.32 Å². The summed E-state index contributed by atoms with van der Waals surface area (Å²) < 4.78 is 0. The van der Waals surface area contributed by atoms with Crippen LogP contribution < -0.4 is 10.6 Å². The van der Waals surface area contributed by atoms with Crippen LogP contribution in [-0.2, 0) is 14.4 Å². The van der Waals surface area contributed by atoms with Gasteiger partial charge in [0.05, 0.1) is 5.56 Å². The highest BCUT2D eigenvalue weighted by molar-refractivity contribution is 6.15. The molecule has 1 aromatic carbocycles. The molecule has 0 saturated carbocycles. The molecule has 0 spiro atoms. The van der Waals surface area contributed by atoms with Gasteiger partial charge in [-0.2, -0.15) is 0 Å². The van der Waals surface area contributed by atoms with Crippen LogP contribution in [0.15, 0.2) is 18.2 Å². The van der Waals surface area contributed by atoms with E-state index < -0.39 is 23.7 Å².